The first-order chi connectivity index (χ1) is 10.1. The second-order valence-electron chi connectivity index (χ2n) is 6.26. The van der Waals surface area contributed by atoms with Crippen LogP contribution in [-0.2, 0) is 5.41 Å². The molecule has 0 spiro atoms. The molecule has 1 unspecified atom stereocenters. The largest absolute Gasteiger partial charge is 0.304 e. The van der Waals surface area contributed by atoms with Gasteiger partial charge in [-0.05, 0) is 61.4 Å². The van der Waals surface area contributed by atoms with E-state index in [0.717, 1.165) is 19.0 Å². The van der Waals surface area contributed by atoms with Crippen LogP contribution in [0.3, 0.4) is 0 Å². The molecule has 0 saturated heterocycles. The van der Waals surface area contributed by atoms with E-state index in [-0.39, 0.29) is 0 Å². The van der Waals surface area contributed by atoms with Crippen LogP contribution in [0.5, 0.6) is 0 Å². The predicted octanol–water partition coefficient (Wildman–Crippen LogP) is 5.78. The average molecular weight is 328 g/mol. The Morgan fingerprint density at radius 2 is 1.76 bits per heavy atom. The second-order valence-corrected chi connectivity index (χ2v) is 7.07. The molecule has 0 heterocycles. The third-order valence-electron chi connectivity index (χ3n) is 5.07. The summed E-state index contributed by atoms with van der Waals surface area (Å²) in [7, 11) is 0. The first kappa shape index (κ1) is 17.1. The van der Waals surface area contributed by atoms with Crippen molar-refractivity contribution in [2.45, 2.75) is 51.9 Å². The fourth-order valence-electron chi connectivity index (χ4n) is 3.56. The molecule has 0 aliphatic heterocycles. The van der Waals surface area contributed by atoms with E-state index in [9.17, 15) is 0 Å². The summed E-state index contributed by atoms with van der Waals surface area (Å²) in [5, 5.41) is 1.35. The van der Waals surface area contributed by atoms with Gasteiger partial charge in [0.1, 0.15) is 0 Å². The summed E-state index contributed by atoms with van der Waals surface area (Å²) in [5.41, 5.74) is 1.73. The fourth-order valence-corrected chi connectivity index (χ4v) is 3.86. The highest BCUT2D eigenvalue weighted by Gasteiger charge is 2.50. The highest BCUT2D eigenvalue weighted by atomic mass is 35.5. The van der Waals surface area contributed by atoms with Crippen molar-refractivity contribution in [3.63, 3.8) is 0 Å². The summed E-state index contributed by atoms with van der Waals surface area (Å²) in [6.07, 6.45) is 5.11. The molecule has 1 atom stereocenters. The number of rotatable bonds is 8. The van der Waals surface area contributed by atoms with Crippen molar-refractivity contribution in [2.75, 3.05) is 19.6 Å². The van der Waals surface area contributed by atoms with Gasteiger partial charge in [0.15, 0.2) is 0 Å². The molecule has 0 aromatic heterocycles. The van der Waals surface area contributed by atoms with Gasteiger partial charge in [-0.25, -0.2) is 0 Å². The highest BCUT2D eigenvalue weighted by molar-refractivity contribution is 6.42. The Kier molecular flexibility index (Phi) is 5.99. The zero-order chi connectivity index (χ0) is 15.5. The van der Waals surface area contributed by atoms with Crippen LogP contribution in [0.2, 0.25) is 10.0 Å². The van der Waals surface area contributed by atoms with Crippen LogP contribution in [0.15, 0.2) is 18.2 Å². The maximum Gasteiger partial charge on any atom is 0.0595 e. The topological polar surface area (TPSA) is 3.24 Å². The predicted molar refractivity (Wildman–Crippen MR) is 93.6 cm³/mol. The molecule has 3 heteroatoms. The van der Waals surface area contributed by atoms with Crippen LogP contribution in [0.1, 0.15) is 52.0 Å². The monoisotopic (exact) mass is 327 g/mol. The van der Waals surface area contributed by atoms with Crippen molar-refractivity contribution in [1.82, 2.24) is 4.90 Å². The molecule has 0 bridgehead atoms. The lowest BCUT2D eigenvalue weighted by Crippen LogP contribution is -2.35. The van der Waals surface area contributed by atoms with Gasteiger partial charge in [0.2, 0.25) is 0 Å². The first-order valence-electron chi connectivity index (χ1n) is 8.25. The van der Waals surface area contributed by atoms with Gasteiger partial charge >= 0.3 is 0 Å². The molecule has 1 nitrogen and oxygen atoms in total. The Labute approximate surface area is 139 Å². The Balaban J connectivity index is 2.23. The van der Waals surface area contributed by atoms with Crippen LogP contribution in [-0.4, -0.2) is 24.5 Å². The number of hydrogen-bond donors (Lipinski definition) is 0. The van der Waals surface area contributed by atoms with Gasteiger partial charge in [0, 0.05) is 6.54 Å². The van der Waals surface area contributed by atoms with Gasteiger partial charge in [0.05, 0.1) is 10.0 Å². The Morgan fingerprint density at radius 1 is 1.10 bits per heavy atom. The van der Waals surface area contributed by atoms with Gasteiger partial charge in [-0.3, -0.25) is 0 Å². The zero-order valence-corrected chi connectivity index (χ0v) is 15.0. The smallest absolute Gasteiger partial charge is 0.0595 e. The molecule has 1 aliphatic carbocycles. The van der Waals surface area contributed by atoms with Gasteiger partial charge < -0.3 is 4.90 Å². The second kappa shape index (κ2) is 7.35. The van der Waals surface area contributed by atoms with Crippen molar-refractivity contribution in [2.24, 2.45) is 5.92 Å². The molecule has 1 saturated carbocycles. The molecular formula is C18H27Cl2N. The minimum absolute atomic E-state index is 0.340. The first-order valence-corrected chi connectivity index (χ1v) is 9.00. The summed E-state index contributed by atoms with van der Waals surface area (Å²) in [4.78, 5) is 2.55. The zero-order valence-electron chi connectivity index (χ0n) is 13.5. The Morgan fingerprint density at radius 3 is 2.24 bits per heavy atom. The number of nitrogens with zero attached hydrogens (tertiary/aromatic N) is 1. The summed E-state index contributed by atoms with van der Waals surface area (Å²) < 4.78 is 0. The van der Waals surface area contributed by atoms with Gasteiger partial charge in [-0.1, -0.05) is 56.5 Å². The van der Waals surface area contributed by atoms with Crippen molar-refractivity contribution in [1.29, 1.82) is 0 Å². The third kappa shape index (κ3) is 3.75. The molecule has 2 rings (SSSR count). The van der Waals surface area contributed by atoms with Crippen LogP contribution >= 0.6 is 23.2 Å². The van der Waals surface area contributed by atoms with E-state index in [4.69, 9.17) is 23.2 Å². The van der Waals surface area contributed by atoms with Gasteiger partial charge in [-0.2, -0.15) is 0 Å². The number of halogens is 2. The summed E-state index contributed by atoms with van der Waals surface area (Å²) in [5.74, 6) is 0.722. The lowest BCUT2D eigenvalue weighted by molar-refractivity contribution is 0.213. The number of hydrogen-bond acceptors (Lipinski definition) is 1. The quantitative estimate of drug-likeness (QED) is 0.584. The van der Waals surface area contributed by atoms with Crippen molar-refractivity contribution in [3.05, 3.63) is 33.8 Å². The molecule has 1 aromatic carbocycles. The lowest BCUT2D eigenvalue weighted by atomic mass is 9.79. The van der Waals surface area contributed by atoms with Crippen LogP contribution in [0.25, 0.3) is 0 Å². The highest BCUT2D eigenvalue weighted by Crippen LogP contribution is 2.56. The van der Waals surface area contributed by atoms with E-state index in [1.54, 1.807) is 0 Å². The van der Waals surface area contributed by atoms with Crippen molar-refractivity contribution in [3.8, 4) is 0 Å². The van der Waals surface area contributed by atoms with E-state index in [1.807, 2.05) is 6.07 Å². The van der Waals surface area contributed by atoms with Crippen LogP contribution in [0, 0.1) is 5.92 Å². The summed E-state index contributed by atoms with van der Waals surface area (Å²) in [6, 6.07) is 6.24. The molecule has 1 aliphatic rings. The van der Waals surface area contributed by atoms with E-state index < -0.39 is 0 Å². The van der Waals surface area contributed by atoms with Crippen molar-refractivity contribution >= 4 is 23.2 Å². The minimum atomic E-state index is 0.340. The molecule has 118 valence electrons. The lowest BCUT2D eigenvalue weighted by Gasteiger charge is -2.32. The Hall–Kier alpha value is -0.240. The van der Waals surface area contributed by atoms with Gasteiger partial charge in [-0.15, -0.1) is 0 Å². The minimum Gasteiger partial charge on any atom is -0.304 e. The van der Waals surface area contributed by atoms with Crippen LogP contribution in [0.4, 0.5) is 0 Å². The number of benzene rings is 1. The Bertz CT molecular complexity index is 464. The van der Waals surface area contributed by atoms with E-state index in [2.05, 4.69) is 37.8 Å². The molecule has 0 radical (unpaired) electrons. The molecule has 0 amide bonds. The normalized spacial score (nSPS) is 18.0. The van der Waals surface area contributed by atoms with E-state index in [1.165, 1.54) is 37.8 Å². The maximum atomic E-state index is 6.25. The molecule has 21 heavy (non-hydrogen) atoms. The third-order valence-corrected chi connectivity index (χ3v) is 5.81. The van der Waals surface area contributed by atoms with Crippen LogP contribution < -0.4 is 0 Å². The van der Waals surface area contributed by atoms with Crippen molar-refractivity contribution < 1.29 is 0 Å². The maximum absolute atomic E-state index is 6.25. The standard InChI is InChI=1S/C18H27Cl2N/c1-4-7-15(13-21(5-2)6-3)18(10-11-18)14-8-9-16(19)17(20)12-14/h8-9,12,15H,4-7,10-11,13H2,1-3H3. The fraction of sp³-hybridized carbons (Fsp3) is 0.667. The SMILES string of the molecule is CCCC(CN(CC)CC)C1(c2ccc(Cl)c(Cl)c2)CC1. The van der Waals surface area contributed by atoms with E-state index >= 15 is 0 Å². The molecule has 0 N–H and O–H groups in total. The molecule has 1 fully saturated rings. The van der Waals surface area contributed by atoms with E-state index in [0.29, 0.717) is 15.5 Å². The average Bonchev–Trinajstić information content (AvgIpc) is 3.28. The molecule has 1 aromatic rings. The summed E-state index contributed by atoms with van der Waals surface area (Å²) in [6.45, 7) is 10.3. The van der Waals surface area contributed by atoms with Gasteiger partial charge in [0.25, 0.3) is 0 Å². The summed E-state index contributed by atoms with van der Waals surface area (Å²) >= 11 is 12.3. The molecular weight excluding hydrogens is 301 g/mol.